The summed E-state index contributed by atoms with van der Waals surface area (Å²) in [5, 5.41) is 11.8. The van der Waals surface area contributed by atoms with E-state index in [-0.39, 0.29) is 5.91 Å². The summed E-state index contributed by atoms with van der Waals surface area (Å²) in [6, 6.07) is 0. The van der Waals surface area contributed by atoms with E-state index < -0.39 is 6.10 Å². The lowest BCUT2D eigenvalue weighted by Crippen LogP contribution is -2.25. The maximum absolute atomic E-state index is 11.2. The van der Waals surface area contributed by atoms with E-state index in [0.717, 1.165) is 19.4 Å². The Morgan fingerprint density at radius 2 is 2.20 bits per heavy atom. The minimum Gasteiger partial charge on any atom is -0.393 e. The predicted molar refractivity (Wildman–Crippen MR) is 59.7 cm³/mol. The van der Waals surface area contributed by atoms with Gasteiger partial charge in [0.05, 0.1) is 6.10 Å². The first-order chi connectivity index (χ1) is 7.16. The zero-order valence-corrected chi connectivity index (χ0v) is 9.79. The van der Waals surface area contributed by atoms with Gasteiger partial charge in [-0.1, -0.05) is 6.92 Å². The van der Waals surface area contributed by atoms with Crippen molar-refractivity contribution >= 4 is 5.91 Å². The standard InChI is InChI=1S/C11H23NO3/c1-3-8-15-9-4-7-12-11(14)6-5-10(2)13/h10,13H,3-9H2,1-2H3,(H,12,14). The molecule has 0 aliphatic carbocycles. The molecule has 90 valence electrons. The average molecular weight is 217 g/mol. The SMILES string of the molecule is CCCOCCCNC(=O)CCC(C)O. The Bertz CT molecular complexity index is 160. The van der Waals surface area contributed by atoms with E-state index >= 15 is 0 Å². The highest BCUT2D eigenvalue weighted by Crippen LogP contribution is 1.95. The molecule has 0 aromatic rings. The van der Waals surface area contributed by atoms with Crippen LogP contribution in [0, 0.1) is 0 Å². The molecule has 1 amide bonds. The van der Waals surface area contributed by atoms with Crippen LogP contribution in [0.2, 0.25) is 0 Å². The monoisotopic (exact) mass is 217 g/mol. The van der Waals surface area contributed by atoms with Gasteiger partial charge in [-0.15, -0.1) is 0 Å². The van der Waals surface area contributed by atoms with Crippen LogP contribution in [0.25, 0.3) is 0 Å². The summed E-state index contributed by atoms with van der Waals surface area (Å²) < 4.78 is 5.27. The number of carbonyl (C=O) groups excluding carboxylic acids is 1. The molecule has 15 heavy (non-hydrogen) atoms. The van der Waals surface area contributed by atoms with Crippen LogP contribution in [0.1, 0.15) is 39.5 Å². The number of aliphatic hydroxyl groups excluding tert-OH is 1. The minimum atomic E-state index is -0.399. The van der Waals surface area contributed by atoms with Gasteiger partial charge < -0.3 is 15.2 Å². The van der Waals surface area contributed by atoms with Crippen LogP contribution in [0.5, 0.6) is 0 Å². The molecule has 0 aliphatic rings. The van der Waals surface area contributed by atoms with Crippen molar-refractivity contribution in [3.8, 4) is 0 Å². The summed E-state index contributed by atoms with van der Waals surface area (Å²) in [4.78, 5) is 11.2. The highest BCUT2D eigenvalue weighted by Gasteiger charge is 2.02. The quantitative estimate of drug-likeness (QED) is 0.568. The molecule has 1 unspecified atom stereocenters. The first-order valence-electron chi connectivity index (χ1n) is 5.69. The van der Waals surface area contributed by atoms with Crippen LogP contribution in [0.4, 0.5) is 0 Å². The summed E-state index contributed by atoms with van der Waals surface area (Å²) in [7, 11) is 0. The van der Waals surface area contributed by atoms with Crippen molar-refractivity contribution in [2.24, 2.45) is 0 Å². The molecule has 0 bridgehead atoms. The predicted octanol–water partition coefficient (Wildman–Crippen LogP) is 1.08. The molecule has 0 aromatic heterocycles. The maximum atomic E-state index is 11.2. The van der Waals surface area contributed by atoms with Crippen LogP contribution in [-0.4, -0.2) is 36.9 Å². The Hall–Kier alpha value is -0.610. The topological polar surface area (TPSA) is 58.6 Å². The first-order valence-corrected chi connectivity index (χ1v) is 5.69. The number of aliphatic hydroxyl groups is 1. The van der Waals surface area contributed by atoms with E-state index in [1.54, 1.807) is 6.92 Å². The summed E-state index contributed by atoms with van der Waals surface area (Å²) in [6.07, 6.45) is 2.40. The van der Waals surface area contributed by atoms with Gasteiger partial charge in [-0.3, -0.25) is 4.79 Å². The second kappa shape index (κ2) is 9.93. The molecule has 0 saturated carbocycles. The van der Waals surface area contributed by atoms with E-state index in [1.807, 2.05) is 0 Å². The summed E-state index contributed by atoms with van der Waals surface area (Å²) >= 11 is 0. The lowest BCUT2D eigenvalue weighted by Gasteiger charge is -2.06. The van der Waals surface area contributed by atoms with Gasteiger partial charge in [0.25, 0.3) is 0 Å². The van der Waals surface area contributed by atoms with Gasteiger partial charge in [-0.05, 0) is 26.2 Å². The molecule has 0 radical (unpaired) electrons. The van der Waals surface area contributed by atoms with Crippen molar-refractivity contribution in [1.29, 1.82) is 0 Å². The molecular formula is C11H23NO3. The maximum Gasteiger partial charge on any atom is 0.220 e. The lowest BCUT2D eigenvalue weighted by molar-refractivity contribution is -0.121. The third kappa shape index (κ3) is 11.3. The summed E-state index contributed by atoms with van der Waals surface area (Å²) in [6.45, 7) is 5.90. The van der Waals surface area contributed by atoms with Crippen molar-refractivity contribution in [3.05, 3.63) is 0 Å². The molecule has 1 atom stereocenters. The second-order valence-electron chi connectivity index (χ2n) is 3.70. The molecular weight excluding hydrogens is 194 g/mol. The number of hydrogen-bond acceptors (Lipinski definition) is 3. The van der Waals surface area contributed by atoms with Gasteiger partial charge in [0.15, 0.2) is 0 Å². The Labute approximate surface area is 92.0 Å². The molecule has 0 fully saturated rings. The van der Waals surface area contributed by atoms with Crippen LogP contribution in [0.3, 0.4) is 0 Å². The van der Waals surface area contributed by atoms with E-state index in [1.165, 1.54) is 0 Å². The highest BCUT2D eigenvalue weighted by molar-refractivity contribution is 5.75. The Balaban J connectivity index is 3.17. The fourth-order valence-corrected chi connectivity index (χ4v) is 1.08. The zero-order chi connectivity index (χ0) is 11.5. The normalized spacial score (nSPS) is 12.5. The van der Waals surface area contributed by atoms with E-state index in [2.05, 4.69) is 12.2 Å². The third-order valence-electron chi connectivity index (χ3n) is 1.93. The Morgan fingerprint density at radius 1 is 1.47 bits per heavy atom. The first kappa shape index (κ1) is 14.4. The van der Waals surface area contributed by atoms with Crippen molar-refractivity contribution in [3.63, 3.8) is 0 Å². The van der Waals surface area contributed by atoms with Crippen molar-refractivity contribution in [2.45, 2.75) is 45.6 Å². The van der Waals surface area contributed by atoms with Gasteiger partial charge in [0.1, 0.15) is 0 Å². The Kier molecular flexibility index (Phi) is 9.52. The molecule has 4 nitrogen and oxygen atoms in total. The smallest absolute Gasteiger partial charge is 0.220 e. The molecule has 0 aliphatic heterocycles. The molecule has 0 heterocycles. The van der Waals surface area contributed by atoms with E-state index in [4.69, 9.17) is 9.84 Å². The second-order valence-corrected chi connectivity index (χ2v) is 3.70. The van der Waals surface area contributed by atoms with Gasteiger partial charge in [-0.2, -0.15) is 0 Å². The molecule has 0 spiro atoms. The summed E-state index contributed by atoms with van der Waals surface area (Å²) in [5.41, 5.74) is 0. The molecule has 0 saturated heterocycles. The van der Waals surface area contributed by atoms with Crippen LogP contribution >= 0.6 is 0 Å². The number of rotatable bonds is 9. The number of carbonyl (C=O) groups is 1. The van der Waals surface area contributed by atoms with Gasteiger partial charge in [-0.25, -0.2) is 0 Å². The van der Waals surface area contributed by atoms with E-state index in [9.17, 15) is 4.79 Å². The number of nitrogens with one attached hydrogen (secondary N) is 1. The van der Waals surface area contributed by atoms with Crippen molar-refractivity contribution in [2.75, 3.05) is 19.8 Å². The summed E-state index contributed by atoms with van der Waals surface area (Å²) in [5.74, 6) is 0.00592. The number of hydrogen-bond donors (Lipinski definition) is 2. The van der Waals surface area contributed by atoms with E-state index in [0.29, 0.717) is 26.0 Å². The van der Waals surface area contributed by atoms with Crippen molar-refractivity contribution < 1.29 is 14.6 Å². The molecule has 4 heteroatoms. The third-order valence-corrected chi connectivity index (χ3v) is 1.93. The van der Waals surface area contributed by atoms with Crippen LogP contribution in [-0.2, 0) is 9.53 Å². The highest BCUT2D eigenvalue weighted by atomic mass is 16.5. The zero-order valence-electron chi connectivity index (χ0n) is 9.79. The van der Waals surface area contributed by atoms with Crippen LogP contribution in [0.15, 0.2) is 0 Å². The fourth-order valence-electron chi connectivity index (χ4n) is 1.08. The molecule has 2 N–H and O–H groups in total. The molecule has 0 rings (SSSR count). The van der Waals surface area contributed by atoms with Crippen molar-refractivity contribution in [1.82, 2.24) is 5.32 Å². The van der Waals surface area contributed by atoms with Gasteiger partial charge in [0, 0.05) is 26.2 Å². The van der Waals surface area contributed by atoms with Gasteiger partial charge in [0.2, 0.25) is 5.91 Å². The fraction of sp³-hybridized carbons (Fsp3) is 0.909. The lowest BCUT2D eigenvalue weighted by atomic mass is 10.2. The average Bonchev–Trinajstić information content (AvgIpc) is 2.20. The molecule has 0 aromatic carbocycles. The number of ether oxygens (including phenoxy) is 1. The van der Waals surface area contributed by atoms with Gasteiger partial charge >= 0.3 is 0 Å². The number of amides is 1. The minimum absolute atomic E-state index is 0.00592. The largest absolute Gasteiger partial charge is 0.393 e. The Morgan fingerprint density at radius 3 is 2.80 bits per heavy atom. The van der Waals surface area contributed by atoms with Crippen LogP contribution < -0.4 is 5.32 Å².